The number of halogens is 3. The van der Waals surface area contributed by atoms with Crippen LogP contribution in [0, 0.1) is 5.82 Å². The molecular formula is C15H15Br2FN2O. The molecule has 0 unspecified atom stereocenters. The van der Waals surface area contributed by atoms with Gasteiger partial charge in [0.05, 0.1) is 0 Å². The lowest BCUT2D eigenvalue weighted by Crippen LogP contribution is -2.26. The summed E-state index contributed by atoms with van der Waals surface area (Å²) in [6.45, 7) is 4.14. The summed E-state index contributed by atoms with van der Waals surface area (Å²) >= 11 is 6.66. The Kier molecular flexibility index (Phi) is 5.22. The first-order valence-corrected chi connectivity index (χ1v) is 8.06. The summed E-state index contributed by atoms with van der Waals surface area (Å²) in [5.41, 5.74) is 0.992. The molecule has 1 aromatic carbocycles. The van der Waals surface area contributed by atoms with Crippen molar-refractivity contribution in [2.24, 2.45) is 0 Å². The molecule has 0 atom stereocenters. The highest BCUT2D eigenvalue weighted by Gasteiger charge is 2.15. The summed E-state index contributed by atoms with van der Waals surface area (Å²) in [6, 6.07) is 6.58. The highest BCUT2D eigenvalue weighted by atomic mass is 79.9. The van der Waals surface area contributed by atoms with Gasteiger partial charge in [-0.2, -0.15) is 0 Å². The van der Waals surface area contributed by atoms with Crippen LogP contribution in [0.25, 0.3) is 0 Å². The van der Waals surface area contributed by atoms with Crippen molar-refractivity contribution in [3.05, 3.63) is 56.5 Å². The Balaban J connectivity index is 2.14. The normalized spacial score (nSPS) is 11.0. The molecule has 1 amide bonds. The zero-order valence-corrected chi connectivity index (χ0v) is 14.8. The lowest BCUT2D eigenvalue weighted by atomic mass is 10.2. The first-order chi connectivity index (χ1) is 9.88. The van der Waals surface area contributed by atoms with Gasteiger partial charge in [0, 0.05) is 33.3 Å². The fourth-order valence-corrected chi connectivity index (χ4v) is 2.85. The first-order valence-electron chi connectivity index (χ1n) is 6.48. The fraction of sp³-hybridized carbons (Fsp3) is 0.267. The molecule has 1 N–H and O–H groups in total. The maximum absolute atomic E-state index is 13.6. The molecule has 0 aliphatic carbocycles. The van der Waals surface area contributed by atoms with Crippen molar-refractivity contribution in [3.63, 3.8) is 0 Å². The van der Waals surface area contributed by atoms with E-state index in [-0.39, 0.29) is 24.3 Å². The van der Waals surface area contributed by atoms with Gasteiger partial charge in [0.25, 0.3) is 5.91 Å². The SMILES string of the molecule is CC(C)n1cc(Br)cc1C(=O)NCc1cc(Br)ccc1F. The van der Waals surface area contributed by atoms with Crippen molar-refractivity contribution in [3.8, 4) is 0 Å². The largest absolute Gasteiger partial charge is 0.347 e. The number of hydrogen-bond donors (Lipinski definition) is 1. The van der Waals surface area contributed by atoms with E-state index in [1.165, 1.54) is 6.07 Å². The van der Waals surface area contributed by atoms with Crippen LogP contribution in [-0.2, 0) is 6.54 Å². The molecule has 112 valence electrons. The van der Waals surface area contributed by atoms with E-state index in [0.29, 0.717) is 11.3 Å². The van der Waals surface area contributed by atoms with Gasteiger partial charge in [-0.25, -0.2) is 4.39 Å². The van der Waals surface area contributed by atoms with Crippen LogP contribution in [0.1, 0.15) is 35.9 Å². The molecule has 0 bridgehead atoms. The lowest BCUT2D eigenvalue weighted by Gasteiger charge is -2.13. The molecule has 3 nitrogen and oxygen atoms in total. The third kappa shape index (κ3) is 3.95. The third-order valence-electron chi connectivity index (χ3n) is 3.05. The van der Waals surface area contributed by atoms with Crippen LogP contribution < -0.4 is 5.32 Å². The smallest absolute Gasteiger partial charge is 0.268 e. The second kappa shape index (κ2) is 6.75. The van der Waals surface area contributed by atoms with Crippen LogP contribution in [0.5, 0.6) is 0 Å². The molecule has 0 aliphatic heterocycles. The Labute approximate surface area is 139 Å². The molecule has 1 aromatic heterocycles. The summed E-state index contributed by atoms with van der Waals surface area (Å²) < 4.78 is 17.1. The molecule has 0 aliphatic rings. The van der Waals surface area contributed by atoms with Gasteiger partial charge in [0.2, 0.25) is 0 Å². The second-order valence-electron chi connectivity index (χ2n) is 4.96. The summed E-state index contributed by atoms with van der Waals surface area (Å²) in [6.07, 6.45) is 1.86. The van der Waals surface area contributed by atoms with Crippen molar-refractivity contribution in [2.45, 2.75) is 26.4 Å². The maximum atomic E-state index is 13.6. The number of aromatic nitrogens is 1. The number of nitrogens with zero attached hydrogens (tertiary/aromatic N) is 1. The van der Waals surface area contributed by atoms with Crippen LogP contribution in [0.3, 0.4) is 0 Å². The van der Waals surface area contributed by atoms with E-state index < -0.39 is 0 Å². The van der Waals surface area contributed by atoms with Gasteiger partial charge in [-0.3, -0.25) is 4.79 Å². The van der Waals surface area contributed by atoms with Crippen LogP contribution >= 0.6 is 31.9 Å². The molecule has 0 saturated carbocycles. The number of carbonyl (C=O) groups excluding carboxylic acids is 1. The second-order valence-corrected chi connectivity index (χ2v) is 6.79. The predicted molar refractivity (Wildman–Crippen MR) is 87.8 cm³/mol. The molecule has 0 fully saturated rings. The number of benzene rings is 1. The number of nitrogens with one attached hydrogen (secondary N) is 1. The average molecular weight is 418 g/mol. The minimum Gasteiger partial charge on any atom is -0.347 e. The van der Waals surface area contributed by atoms with Gasteiger partial charge in [0.15, 0.2) is 0 Å². The molecule has 21 heavy (non-hydrogen) atoms. The van der Waals surface area contributed by atoms with Crippen molar-refractivity contribution >= 4 is 37.8 Å². The van der Waals surface area contributed by atoms with E-state index >= 15 is 0 Å². The molecule has 0 saturated heterocycles. The quantitative estimate of drug-likeness (QED) is 0.770. The molecule has 2 aromatic rings. The first kappa shape index (κ1) is 16.2. The highest BCUT2D eigenvalue weighted by Crippen LogP contribution is 2.20. The van der Waals surface area contributed by atoms with Crippen molar-refractivity contribution in [1.82, 2.24) is 9.88 Å². The van der Waals surface area contributed by atoms with Gasteiger partial charge in [-0.15, -0.1) is 0 Å². The van der Waals surface area contributed by atoms with Gasteiger partial charge in [0.1, 0.15) is 11.5 Å². The van der Waals surface area contributed by atoms with E-state index in [1.807, 2.05) is 24.6 Å². The van der Waals surface area contributed by atoms with Crippen LogP contribution in [-0.4, -0.2) is 10.5 Å². The summed E-state index contributed by atoms with van der Waals surface area (Å²) in [7, 11) is 0. The number of carbonyl (C=O) groups is 1. The summed E-state index contributed by atoms with van der Waals surface area (Å²) in [4.78, 5) is 12.3. The zero-order valence-electron chi connectivity index (χ0n) is 11.7. The zero-order chi connectivity index (χ0) is 15.6. The Hall–Kier alpha value is -1.14. The molecule has 2 rings (SSSR count). The Bertz CT molecular complexity index is 668. The average Bonchev–Trinajstić information content (AvgIpc) is 2.82. The molecule has 0 spiro atoms. The van der Waals surface area contributed by atoms with Crippen molar-refractivity contribution in [1.29, 1.82) is 0 Å². The van der Waals surface area contributed by atoms with E-state index in [9.17, 15) is 9.18 Å². The molecule has 0 radical (unpaired) electrons. The molecule has 6 heteroatoms. The Morgan fingerprint density at radius 3 is 2.67 bits per heavy atom. The molecular weight excluding hydrogens is 403 g/mol. The number of hydrogen-bond acceptors (Lipinski definition) is 1. The van der Waals surface area contributed by atoms with Crippen LogP contribution in [0.2, 0.25) is 0 Å². The highest BCUT2D eigenvalue weighted by molar-refractivity contribution is 9.10. The topological polar surface area (TPSA) is 34.0 Å². The number of amides is 1. The monoisotopic (exact) mass is 416 g/mol. The number of rotatable bonds is 4. The third-order valence-corrected chi connectivity index (χ3v) is 3.98. The van der Waals surface area contributed by atoms with Crippen molar-refractivity contribution < 1.29 is 9.18 Å². The van der Waals surface area contributed by atoms with Gasteiger partial charge >= 0.3 is 0 Å². The summed E-state index contributed by atoms with van der Waals surface area (Å²) in [5.74, 6) is -0.562. The Morgan fingerprint density at radius 1 is 1.29 bits per heavy atom. The van der Waals surface area contributed by atoms with Gasteiger partial charge in [-0.05, 0) is 54.0 Å². The van der Waals surface area contributed by atoms with E-state index in [4.69, 9.17) is 0 Å². The van der Waals surface area contributed by atoms with Gasteiger partial charge < -0.3 is 9.88 Å². The predicted octanol–water partition coefficient (Wildman–Crippen LogP) is 4.66. The van der Waals surface area contributed by atoms with E-state index in [1.54, 1.807) is 18.2 Å². The lowest BCUT2D eigenvalue weighted by molar-refractivity contribution is 0.0940. The fourth-order valence-electron chi connectivity index (χ4n) is 2.00. The standard InChI is InChI=1S/C15H15Br2FN2O/c1-9(2)20-8-12(17)6-14(20)15(21)19-7-10-5-11(16)3-4-13(10)18/h3-6,8-9H,7H2,1-2H3,(H,19,21). The minimum atomic E-state index is -0.334. The van der Waals surface area contributed by atoms with Crippen LogP contribution in [0.15, 0.2) is 39.4 Å². The van der Waals surface area contributed by atoms with Crippen LogP contribution in [0.4, 0.5) is 4.39 Å². The van der Waals surface area contributed by atoms with E-state index in [2.05, 4.69) is 37.2 Å². The molecule has 1 heterocycles. The van der Waals surface area contributed by atoms with Gasteiger partial charge in [-0.1, -0.05) is 15.9 Å². The summed E-state index contributed by atoms with van der Waals surface area (Å²) in [5, 5.41) is 2.75. The van der Waals surface area contributed by atoms with Crippen molar-refractivity contribution in [2.75, 3.05) is 0 Å². The minimum absolute atomic E-state index is 0.144. The Morgan fingerprint density at radius 2 is 2.00 bits per heavy atom. The van der Waals surface area contributed by atoms with E-state index in [0.717, 1.165) is 8.95 Å². The maximum Gasteiger partial charge on any atom is 0.268 e.